The number of nitrogens with zero attached hydrogens (tertiary/aromatic N) is 2. The van der Waals surface area contributed by atoms with Crippen LogP contribution in [0.25, 0.3) is 11.5 Å². The summed E-state index contributed by atoms with van der Waals surface area (Å²) in [4.78, 5) is 0. The minimum Gasteiger partial charge on any atom is -0.411 e. The molecule has 0 aliphatic carbocycles. The van der Waals surface area contributed by atoms with Crippen molar-refractivity contribution < 1.29 is 13.2 Å². The molecule has 140 valence electrons. The second-order valence-corrected chi connectivity index (χ2v) is 7.35. The van der Waals surface area contributed by atoms with Crippen LogP contribution in [0.4, 0.5) is 8.78 Å². The van der Waals surface area contributed by atoms with E-state index in [0.29, 0.717) is 11.1 Å². The second kappa shape index (κ2) is 7.94. The predicted octanol–water partition coefficient (Wildman–Crippen LogP) is 6.20. The normalized spacial score (nSPS) is 11.1. The fourth-order valence-electron chi connectivity index (χ4n) is 2.88. The number of rotatable bonds is 5. The zero-order chi connectivity index (χ0) is 19.5. The SMILES string of the molecule is Cc1ccccc1-c1nnc(SC(c2ccc(F)cc2)c2ccc(F)cc2)o1. The Balaban J connectivity index is 1.67. The molecule has 0 N–H and O–H groups in total. The Labute approximate surface area is 165 Å². The summed E-state index contributed by atoms with van der Waals surface area (Å²) in [5.74, 6) is -0.185. The number of hydrogen-bond acceptors (Lipinski definition) is 4. The number of hydrogen-bond donors (Lipinski definition) is 0. The van der Waals surface area contributed by atoms with E-state index >= 15 is 0 Å². The molecule has 0 aliphatic heterocycles. The molecular weight excluding hydrogens is 378 g/mol. The van der Waals surface area contributed by atoms with E-state index in [1.807, 2.05) is 31.2 Å². The monoisotopic (exact) mass is 394 g/mol. The molecule has 0 atom stereocenters. The molecule has 3 nitrogen and oxygen atoms in total. The van der Waals surface area contributed by atoms with Crippen molar-refractivity contribution in [3.8, 4) is 11.5 Å². The van der Waals surface area contributed by atoms with Crippen LogP contribution in [0.15, 0.2) is 82.4 Å². The summed E-state index contributed by atoms with van der Waals surface area (Å²) in [6, 6.07) is 20.2. The lowest BCUT2D eigenvalue weighted by Gasteiger charge is -2.15. The van der Waals surface area contributed by atoms with Gasteiger partial charge in [0, 0.05) is 5.56 Å². The predicted molar refractivity (Wildman–Crippen MR) is 105 cm³/mol. The molecule has 6 heteroatoms. The third-order valence-electron chi connectivity index (χ3n) is 4.35. The molecule has 0 saturated carbocycles. The van der Waals surface area contributed by atoms with Crippen LogP contribution in [-0.4, -0.2) is 10.2 Å². The van der Waals surface area contributed by atoms with Crippen molar-refractivity contribution >= 4 is 11.8 Å². The molecule has 0 amide bonds. The smallest absolute Gasteiger partial charge is 0.277 e. The summed E-state index contributed by atoms with van der Waals surface area (Å²) >= 11 is 1.34. The highest BCUT2D eigenvalue weighted by molar-refractivity contribution is 7.99. The average molecular weight is 394 g/mol. The van der Waals surface area contributed by atoms with Gasteiger partial charge in [0.1, 0.15) is 11.6 Å². The van der Waals surface area contributed by atoms with Gasteiger partial charge >= 0.3 is 0 Å². The van der Waals surface area contributed by atoms with Crippen LogP contribution in [0.3, 0.4) is 0 Å². The van der Waals surface area contributed by atoms with Crippen LogP contribution in [0, 0.1) is 18.6 Å². The van der Waals surface area contributed by atoms with Crippen LogP contribution < -0.4 is 0 Å². The van der Waals surface area contributed by atoms with Crippen molar-refractivity contribution in [2.75, 3.05) is 0 Å². The highest BCUT2D eigenvalue weighted by Crippen LogP contribution is 2.40. The fourth-order valence-corrected chi connectivity index (χ4v) is 3.89. The van der Waals surface area contributed by atoms with E-state index in [0.717, 1.165) is 22.3 Å². The van der Waals surface area contributed by atoms with Crippen LogP contribution >= 0.6 is 11.8 Å². The molecule has 0 spiro atoms. The third kappa shape index (κ3) is 3.97. The van der Waals surface area contributed by atoms with Crippen LogP contribution in [0.5, 0.6) is 0 Å². The molecule has 0 radical (unpaired) electrons. The molecule has 28 heavy (non-hydrogen) atoms. The largest absolute Gasteiger partial charge is 0.411 e. The lowest BCUT2D eigenvalue weighted by Crippen LogP contribution is -1.97. The maximum Gasteiger partial charge on any atom is 0.277 e. The van der Waals surface area contributed by atoms with Gasteiger partial charge < -0.3 is 4.42 Å². The fraction of sp³-hybridized carbons (Fsp3) is 0.0909. The minimum absolute atomic E-state index is 0.244. The Bertz CT molecular complexity index is 1030. The average Bonchev–Trinajstić information content (AvgIpc) is 3.16. The van der Waals surface area contributed by atoms with E-state index in [1.54, 1.807) is 24.3 Å². The second-order valence-electron chi connectivity index (χ2n) is 6.29. The lowest BCUT2D eigenvalue weighted by atomic mass is 10.0. The van der Waals surface area contributed by atoms with E-state index < -0.39 is 0 Å². The van der Waals surface area contributed by atoms with Crippen LogP contribution in [0.2, 0.25) is 0 Å². The maximum absolute atomic E-state index is 13.4. The minimum atomic E-state index is -0.314. The number of aryl methyl sites for hydroxylation is 1. The van der Waals surface area contributed by atoms with Gasteiger partial charge in [-0.15, -0.1) is 10.2 Å². The number of benzene rings is 3. The lowest BCUT2D eigenvalue weighted by molar-refractivity contribution is 0.465. The summed E-state index contributed by atoms with van der Waals surface area (Å²) in [5.41, 5.74) is 3.63. The first kappa shape index (κ1) is 18.4. The van der Waals surface area contributed by atoms with Gasteiger partial charge in [-0.05, 0) is 53.9 Å². The molecular formula is C22H16F2N2OS. The molecule has 3 aromatic carbocycles. The van der Waals surface area contributed by atoms with E-state index in [9.17, 15) is 8.78 Å². The standard InChI is InChI=1S/C22H16F2N2OS/c1-14-4-2-3-5-19(14)21-25-26-22(27-21)28-20(15-6-10-17(23)11-7-15)16-8-12-18(24)13-9-16/h2-13,20H,1H3. The summed E-state index contributed by atoms with van der Waals surface area (Å²) in [5, 5.41) is 8.46. The molecule has 0 saturated heterocycles. The molecule has 0 bridgehead atoms. The summed E-state index contributed by atoms with van der Waals surface area (Å²) in [6.07, 6.45) is 0. The van der Waals surface area contributed by atoms with Crippen LogP contribution in [0.1, 0.15) is 21.9 Å². The van der Waals surface area contributed by atoms with Crippen molar-refractivity contribution in [3.05, 3.63) is 101 Å². The van der Waals surface area contributed by atoms with Gasteiger partial charge in [0.25, 0.3) is 5.22 Å². The first-order valence-corrected chi connectivity index (χ1v) is 9.55. The van der Waals surface area contributed by atoms with Gasteiger partial charge in [0.05, 0.1) is 5.25 Å². The summed E-state index contributed by atoms with van der Waals surface area (Å²) in [6.45, 7) is 1.98. The third-order valence-corrected chi connectivity index (χ3v) is 5.49. The zero-order valence-electron chi connectivity index (χ0n) is 15.0. The van der Waals surface area contributed by atoms with Gasteiger partial charge in [-0.1, -0.05) is 54.2 Å². The Morgan fingerprint density at radius 3 is 1.93 bits per heavy atom. The van der Waals surface area contributed by atoms with Gasteiger partial charge in [-0.2, -0.15) is 0 Å². The maximum atomic E-state index is 13.4. The van der Waals surface area contributed by atoms with E-state index in [4.69, 9.17) is 4.42 Å². The summed E-state index contributed by atoms with van der Waals surface area (Å²) in [7, 11) is 0. The van der Waals surface area contributed by atoms with Crippen molar-refractivity contribution in [1.82, 2.24) is 10.2 Å². The van der Waals surface area contributed by atoms with E-state index in [1.165, 1.54) is 36.0 Å². The molecule has 0 fully saturated rings. The Kier molecular flexibility index (Phi) is 5.21. The highest BCUT2D eigenvalue weighted by Gasteiger charge is 2.20. The molecule has 0 unspecified atom stereocenters. The molecule has 1 heterocycles. The Hall–Kier alpha value is -2.99. The molecule has 1 aromatic heterocycles. The Morgan fingerprint density at radius 2 is 1.36 bits per heavy atom. The first-order valence-electron chi connectivity index (χ1n) is 8.67. The zero-order valence-corrected chi connectivity index (χ0v) is 15.8. The van der Waals surface area contributed by atoms with Gasteiger partial charge in [0.2, 0.25) is 5.89 Å². The highest BCUT2D eigenvalue weighted by atomic mass is 32.2. The van der Waals surface area contributed by atoms with Crippen molar-refractivity contribution in [1.29, 1.82) is 0 Å². The summed E-state index contributed by atoms with van der Waals surface area (Å²) < 4.78 is 32.6. The number of halogens is 2. The van der Waals surface area contributed by atoms with Gasteiger partial charge in [-0.25, -0.2) is 8.78 Å². The van der Waals surface area contributed by atoms with Crippen molar-refractivity contribution in [2.24, 2.45) is 0 Å². The van der Waals surface area contributed by atoms with Gasteiger partial charge in [0.15, 0.2) is 0 Å². The first-order chi connectivity index (χ1) is 13.6. The van der Waals surface area contributed by atoms with Crippen LogP contribution in [-0.2, 0) is 0 Å². The topological polar surface area (TPSA) is 38.9 Å². The number of aromatic nitrogens is 2. The van der Waals surface area contributed by atoms with E-state index in [2.05, 4.69) is 10.2 Å². The van der Waals surface area contributed by atoms with Gasteiger partial charge in [-0.3, -0.25) is 0 Å². The van der Waals surface area contributed by atoms with Crippen molar-refractivity contribution in [3.63, 3.8) is 0 Å². The van der Waals surface area contributed by atoms with Crippen molar-refractivity contribution in [2.45, 2.75) is 17.4 Å². The quantitative estimate of drug-likeness (QED) is 0.378. The Morgan fingerprint density at radius 1 is 0.786 bits per heavy atom. The molecule has 4 aromatic rings. The number of thioether (sulfide) groups is 1. The molecule has 0 aliphatic rings. The molecule has 4 rings (SSSR count). The van der Waals surface area contributed by atoms with E-state index in [-0.39, 0.29) is 16.9 Å².